The number of anilines is 1. The van der Waals surface area contributed by atoms with Gasteiger partial charge in [-0.2, -0.15) is 0 Å². The van der Waals surface area contributed by atoms with Crippen molar-refractivity contribution in [2.75, 3.05) is 5.32 Å². The van der Waals surface area contributed by atoms with Gasteiger partial charge in [0.25, 0.3) is 11.8 Å². The minimum absolute atomic E-state index is 0.164. The Morgan fingerprint density at radius 3 is 2.55 bits per heavy atom. The number of hydrogen-bond donors (Lipinski definition) is 2. The van der Waals surface area contributed by atoms with Crippen molar-refractivity contribution in [2.24, 2.45) is 0 Å². The Morgan fingerprint density at radius 2 is 1.82 bits per heavy atom. The van der Waals surface area contributed by atoms with Gasteiger partial charge in [-0.05, 0) is 25.0 Å². The number of carbonyl (C=O) groups is 2. The Hall–Kier alpha value is -2.21. The van der Waals surface area contributed by atoms with Crippen LogP contribution in [0.5, 0.6) is 0 Å². The van der Waals surface area contributed by atoms with Crippen LogP contribution in [-0.4, -0.2) is 22.8 Å². The van der Waals surface area contributed by atoms with E-state index in [9.17, 15) is 9.59 Å². The van der Waals surface area contributed by atoms with E-state index in [-0.39, 0.29) is 17.9 Å². The Labute approximate surface area is 132 Å². The monoisotopic (exact) mass is 315 g/mol. The lowest BCUT2D eigenvalue weighted by atomic mass is 10.2. The van der Waals surface area contributed by atoms with E-state index in [4.69, 9.17) is 0 Å². The average Bonchev–Trinajstić information content (AvgIpc) is 3.20. The van der Waals surface area contributed by atoms with Crippen molar-refractivity contribution in [1.82, 2.24) is 10.3 Å². The number of hydrogen-bond acceptors (Lipinski definition) is 4. The van der Waals surface area contributed by atoms with Crippen LogP contribution in [0.4, 0.5) is 5.13 Å². The van der Waals surface area contributed by atoms with Crippen LogP contribution in [0.2, 0.25) is 0 Å². The highest BCUT2D eigenvalue weighted by Gasteiger charge is 2.19. The number of benzene rings is 1. The van der Waals surface area contributed by atoms with Crippen molar-refractivity contribution in [3.8, 4) is 0 Å². The van der Waals surface area contributed by atoms with E-state index >= 15 is 0 Å². The largest absolute Gasteiger partial charge is 0.348 e. The van der Waals surface area contributed by atoms with Crippen molar-refractivity contribution < 1.29 is 9.59 Å². The second-order valence-corrected chi connectivity index (χ2v) is 6.17. The molecule has 0 unspecified atom stereocenters. The number of aromatic nitrogens is 1. The molecule has 0 spiro atoms. The Morgan fingerprint density at radius 1 is 1.09 bits per heavy atom. The molecule has 2 amide bonds. The third-order valence-corrected chi connectivity index (χ3v) is 4.44. The van der Waals surface area contributed by atoms with E-state index in [1.807, 2.05) is 6.07 Å². The summed E-state index contributed by atoms with van der Waals surface area (Å²) in [6.07, 6.45) is 4.40. The van der Waals surface area contributed by atoms with E-state index in [2.05, 4.69) is 15.6 Å². The molecule has 2 N–H and O–H groups in total. The number of thiazole rings is 1. The van der Waals surface area contributed by atoms with E-state index < -0.39 is 0 Å². The SMILES string of the molecule is O=C(Nc1nc(C(=O)NC2CCCC2)cs1)c1ccccc1. The van der Waals surface area contributed by atoms with Crippen LogP contribution in [0, 0.1) is 0 Å². The molecule has 0 saturated heterocycles. The van der Waals surface area contributed by atoms with Gasteiger partial charge < -0.3 is 5.32 Å². The molecule has 1 fully saturated rings. The first kappa shape index (κ1) is 14.7. The number of carbonyl (C=O) groups excluding carboxylic acids is 2. The van der Waals surface area contributed by atoms with E-state index in [1.165, 1.54) is 24.2 Å². The minimum Gasteiger partial charge on any atom is -0.348 e. The second-order valence-electron chi connectivity index (χ2n) is 5.31. The predicted octanol–water partition coefficient (Wildman–Crippen LogP) is 3.07. The Kier molecular flexibility index (Phi) is 4.48. The van der Waals surface area contributed by atoms with Gasteiger partial charge in [0, 0.05) is 17.0 Å². The van der Waals surface area contributed by atoms with Crippen LogP contribution in [0.15, 0.2) is 35.7 Å². The highest BCUT2D eigenvalue weighted by molar-refractivity contribution is 7.14. The maximum absolute atomic E-state index is 12.1. The summed E-state index contributed by atoms with van der Waals surface area (Å²) in [4.78, 5) is 28.3. The standard InChI is InChI=1S/C16H17N3O2S/c20-14(11-6-2-1-3-7-11)19-16-18-13(10-22-16)15(21)17-12-8-4-5-9-12/h1-3,6-7,10,12H,4-5,8-9H2,(H,17,21)(H,18,19,20). The summed E-state index contributed by atoms with van der Waals surface area (Å²) in [5.74, 6) is -0.388. The van der Waals surface area contributed by atoms with Crippen molar-refractivity contribution in [3.63, 3.8) is 0 Å². The minimum atomic E-state index is -0.224. The van der Waals surface area contributed by atoms with Gasteiger partial charge in [-0.1, -0.05) is 31.0 Å². The Bertz CT molecular complexity index is 663. The highest BCUT2D eigenvalue weighted by Crippen LogP contribution is 2.20. The number of nitrogens with zero attached hydrogens (tertiary/aromatic N) is 1. The normalized spacial score (nSPS) is 14.7. The molecule has 6 heteroatoms. The van der Waals surface area contributed by atoms with Gasteiger partial charge >= 0.3 is 0 Å². The summed E-state index contributed by atoms with van der Waals surface area (Å²) in [6.45, 7) is 0. The van der Waals surface area contributed by atoms with Crippen LogP contribution < -0.4 is 10.6 Å². The maximum atomic E-state index is 12.1. The summed E-state index contributed by atoms with van der Waals surface area (Å²) in [6, 6.07) is 9.18. The topological polar surface area (TPSA) is 71.1 Å². The molecule has 1 saturated carbocycles. The molecule has 0 atom stereocenters. The van der Waals surface area contributed by atoms with Crippen molar-refractivity contribution in [3.05, 3.63) is 47.0 Å². The summed E-state index contributed by atoms with van der Waals surface area (Å²) >= 11 is 1.25. The first-order valence-corrected chi connectivity index (χ1v) is 8.23. The molecule has 1 aromatic carbocycles. The molecule has 114 valence electrons. The van der Waals surface area contributed by atoms with Crippen LogP contribution >= 0.6 is 11.3 Å². The van der Waals surface area contributed by atoms with Crippen LogP contribution in [0.25, 0.3) is 0 Å². The third kappa shape index (κ3) is 3.51. The molecule has 1 heterocycles. The first-order chi connectivity index (χ1) is 10.7. The number of rotatable bonds is 4. The van der Waals surface area contributed by atoms with Gasteiger partial charge in [0.05, 0.1) is 0 Å². The molecule has 22 heavy (non-hydrogen) atoms. The molecule has 2 aromatic rings. The number of nitrogens with one attached hydrogen (secondary N) is 2. The zero-order chi connectivity index (χ0) is 15.4. The van der Waals surface area contributed by atoms with Crippen molar-refractivity contribution in [1.29, 1.82) is 0 Å². The smallest absolute Gasteiger partial charge is 0.271 e. The molecule has 0 aliphatic heterocycles. The van der Waals surface area contributed by atoms with Gasteiger partial charge in [0.2, 0.25) is 0 Å². The summed E-state index contributed by atoms with van der Waals surface area (Å²) < 4.78 is 0. The molecule has 0 bridgehead atoms. The van der Waals surface area contributed by atoms with E-state index in [0.29, 0.717) is 16.4 Å². The molecule has 0 radical (unpaired) electrons. The fourth-order valence-corrected chi connectivity index (χ4v) is 3.21. The zero-order valence-electron chi connectivity index (χ0n) is 12.0. The highest BCUT2D eigenvalue weighted by atomic mass is 32.1. The first-order valence-electron chi connectivity index (χ1n) is 7.35. The molecule has 1 aliphatic rings. The predicted molar refractivity (Wildman–Crippen MR) is 86.2 cm³/mol. The van der Waals surface area contributed by atoms with Crippen LogP contribution in [-0.2, 0) is 0 Å². The molecule has 1 aromatic heterocycles. The lowest BCUT2D eigenvalue weighted by Gasteiger charge is -2.09. The maximum Gasteiger partial charge on any atom is 0.271 e. The van der Waals surface area contributed by atoms with Gasteiger partial charge in [0.1, 0.15) is 5.69 Å². The van der Waals surface area contributed by atoms with E-state index in [0.717, 1.165) is 12.8 Å². The van der Waals surface area contributed by atoms with Gasteiger partial charge in [-0.15, -0.1) is 11.3 Å². The third-order valence-electron chi connectivity index (χ3n) is 3.68. The quantitative estimate of drug-likeness (QED) is 0.911. The average molecular weight is 315 g/mol. The van der Waals surface area contributed by atoms with Crippen LogP contribution in [0.3, 0.4) is 0 Å². The zero-order valence-corrected chi connectivity index (χ0v) is 12.9. The fourth-order valence-electron chi connectivity index (χ4n) is 2.52. The lowest BCUT2D eigenvalue weighted by Crippen LogP contribution is -2.32. The van der Waals surface area contributed by atoms with Crippen LogP contribution in [0.1, 0.15) is 46.5 Å². The fraction of sp³-hybridized carbons (Fsp3) is 0.312. The van der Waals surface area contributed by atoms with E-state index in [1.54, 1.807) is 29.6 Å². The summed E-state index contributed by atoms with van der Waals surface area (Å²) in [5.41, 5.74) is 0.926. The number of amides is 2. The molecular formula is C16H17N3O2S. The molecule has 1 aliphatic carbocycles. The molecule has 5 nitrogen and oxygen atoms in total. The summed E-state index contributed by atoms with van der Waals surface area (Å²) in [5, 5.41) is 7.81. The molecular weight excluding hydrogens is 298 g/mol. The van der Waals surface area contributed by atoms with Gasteiger partial charge in [-0.3, -0.25) is 14.9 Å². The second kappa shape index (κ2) is 6.70. The van der Waals surface area contributed by atoms with Gasteiger partial charge in [0.15, 0.2) is 5.13 Å². The Balaban J connectivity index is 1.61. The van der Waals surface area contributed by atoms with Gasteiger partial charge in [-0.25, -0.2) is 4.98 Å². The van der Waals surface area contributed by atoms with Crippen molar-refractivity contribution >= 4 is 28.3 Å². The lowest BCUT2D eigenvalue weighted by molar-refractivity contribution is 0.0932. The molecule has 3 rings (SSSR count). The summed E-state index contributed by atoms with van der Waals surface area (Å²) in [7, 11) is 0. The van der Waals surface area contributed by atoms with Crippen molar-refractivity contribution in [2.45, 2.75) is 31.7 Å².